The lowest BCUT2D eigenvalue weighted by molar-refractivity contribution is -0.136. The second kappa shape index (κ2) is 5.67. The number of hydrogen-bond donors (Lipinski definition) is 1. The van der Waals surface area contributed by atoms with E-state index in [1.54, 1.807) is 18.9 Å². The number of aryl methyl sites for hydroxylation is 1. The number of nitrogens with two attached hydrogens (primary N) is 1. The van der Waals surface area contributed by atoms with Crippen LogP contribution in [0.5, 0.6) is 0 Å². The molecule has 0 saturated heterocycles. The Morgan fingerprint density at radius 2 is 2.11 bits per heavy atom. The lowest BCUT2D eigenvalue weighted by atomic mass is 9.97. The van der Waals surface area contributed by atoms with Gasteiger partial charge in [-0.3, -0.25) is 4.79 Å². The Balaban J connectivity index is 0.00000162. The largest absolute Gasteiger partial charge is 0.340 e. The molecule has 2 N–H and O–H groups in total. The van der Waals surface area contributed by atoms with Gasteiger partial charge in [0.1, 0.15) is 0 Å². The molecule has 0 aromatic carbocycles. The summed E-state index contributed by atoms with van der Waals surface area (Å²) in [4.78, 5) is 17.8. The summed E-state index contributed by atoms with van der Waals surface area (Å²) in [6, 6.07) is 0. The number of nitrogens with zero attached hydrogens (tertiary/aromatic N) is 3. The third-order valence-corrected chi connectivity index (χ3v) is 3.22. The van der Waals surface area contributed by atoms with Crippen LogP contribution in [0.3, 0.4) is 0 Å². The monoisotopic (exact) mass is 274 g/mol. The van der Waals surface area contributed by atoms with E-state index in [9.17, 15) is 4.79 Å². The SMILES string of the molecule is Cc1nc(CN(C)C(=O)C2(N)CCCC2)no1.Cl. The average molecular weight is 275 g/mol. The number of aromatic nitrogens is 2. The lowest BCUT2D eigenvalue weighted by Crippen LogP contribution is -2.52. The summed E-state index contributed by atoms with van der Waals surface area (Å²) in [7, 11) is 1.72. The molecule has 1 aliphatic rings. The van der Waals surface area contributed by atoms with Gasteiger partial charge in [0.25, 0.3) is 0 Å². The van der Waals surface area contributed by atoms with Gasteiger partial charge in [0.15, 0.2) is 5.82 Å². The van der Waals surface area contributed by atoms with Crippen molar-refractivity contribution < 1.29 is 9.32 Å². The van der Waals surface area contributed by atoms with Crippen molar-refractivity contribution in [1.29, 1.82) is 0 Å². The summed E-state index contributed by atoms with van der Waals surface area (Å²) in [6.07, 6.45) is 3.58. The number of likely N-dealkylation sites (N-methyl/N-ethyl adjacent to an activating group) is 1. The minimum Gasteiger partial charge on any atom is -0.340 e. The van der Waals surface area contributed by atoms with Crippen molar-refractivity contribution in [3.05, 3.63) is 11.7 Å². The van der Waals surface area contributed by atoms with Gasteiger partial charge in [-0.05, 0) is 12.8 Å². The van der Waals surface area contributed by atoms with E-state index in [0.717, 1.165) is 25.7 Å². The van der Waals surface area contributed by atoms with E-state index >= 15 is 0 Å². The number of amides is 1. The predicted octanol–water partition coefficient (Wildman–Crippen LogP) is 1.03. The van der Waals surface area contributed by atoms with Crippen molar-refractivity contribution in [2.45, 2.75) is 44.7 Å². The zero-order chi connectivity index (χ0) is 12.5. The van der Waals surface area contributed by atoms with Crippen molar-refractivity contribution in [2.24, 2.45) is 5.73 Å². The molecule has 1 saturated carbocycles. The minimum atomic E-state index is -0.687. The fraction of sp³-hybridized carbons (Fsp3) is 0.727. The average Bonchev–Trinajstić information content (AvgIpc) is 2.88. The van der Waals surface area contributed by atoms with Crippen LogP contribution in [0.15, 0.2) is 4.52 Å². The molecular weight excluding hydrogens is 256 g/mol. The second-order valence-electron chi connectivity index (χ2n) is 4.75. The maximum absolute atomic E-state index is 12.2. The maximum Gasteiger partial charge on any atom is 0.242 e. The third-order valence-electron chi connectivity index (χ3n) is 3.22. The number of carbonyl (C=O) groups excluding carboxylic acids is 1. The van der Waals surface area contributed by atoms with Crippen LogP contribution in [0.25, 0.3) is 0 Å². The molecule has 1 aromatic rings. The minimum absolute atomic E-state index is 0. The van der Waals surface area contributed by atoms with Gasteiger partial charge in [-0.15, -0.1) is 12.4 Å². The molecule has 6 nitrogen and oxygen atoms in total. The first-order valence-corrected chi connectivity index (χ1v) is 5.85. The van der Waals surface area contributed by atoms with Crippen LogP contribution in [-0.2, 0) is 11.3 Å². The highest BCUT2D eigenvalue weighted by molar-refractivity contribution is 5.86. The summed E-state index contributed by atoms with van der Waals surface area (Å²) >= 11 is 0. The highest BCUT2D eigenvalue weighted by atomic mass is 35.5. The van der Waals surface area contributed by atoms with Crippen LogP contribution < -0.4 is 5.73 Å². The van der Waals surface area contributed by atoms with Gasteiger partial charge >= 0.3 is 0 Å². The predicted molar refractivity (Wildman–Crippen MR) is 68.1 cm³/mol. The van der Waals surface area contributed by atoms with Gasteiger partial charge in [0, 0.05) is 14.0 Å². The van der Waals surface area contributed by atoms with Gasteiger partial charge in [0.05, 0.1) is 12.1 Å². The standard InChI is InChI=1S/C11H18N4O2.ClH/c1-8-13-9(14-17-8)7-15(2)10(16)11(12)5-3-4-6-11;/h3-7,12H2,1-2H3;1H. The topological polar surface area (TPSA) is 85.2 Å². The smallest absolute Gasteiger partial charge is 0.242 e. The molecule has 1 heterocycles. The van der Waals surface area contributed by atoms with Crippen LogP contribution in [0, 0.1) is 6.92 Å². The molecule has 0 bridgehead atoms. The Morgan fingerprint density at radius 3 is 2.61 bits per heavy atom. The van der Waals surface area contributed by atoms with Crippen LogP contribution in [0.1, 0.15) is 37.4 Å². The maximum atomic E-state index is 12.2. The van der Waals surface area contributed by atoms with E-state index in [1.165, 1.54) is 0 Å². The fourth-order valence-electron chi connectivity index (χ4n) is 2.29. The highest BCUT2D eigenvalue weighted by Gasteiger charge is 2.39. The van der Waals surface area contributed by atoms with Crippen molar-refractivity contribution in [1.82, 2.24) is 15.0 Å². The van der Waals surface area contributed by atoms with Gasteiger partial charge < -0.3 is 15.2 Å². The molecule has 0 atom stereocenters. The third kappa shape index (κ3) is 3.00. The first-order valence-electron chi connectivity index (χ1n) is 5.85. The summed E-state index contributed by atoms with van der Waals surface area (Å²) in [5.74, 6) is 0.988. The van der Waals surface area contributed by atoms with Crippen molar-refractivity contribution in [2.75, 3.05) is 7.05 Å². The number of hydrogen-bond acceptors (Lipinski definition) is 5. The van der Waals surface area contributed by atoms with Crippen LogP contribution in [0.2, 0.25) is 0 Å². The highest BCUT2D eigenvalue weighted by Crippen LogP contribution is 2.28. The molecule has 0 radical (unpaired) electrons. The summed E-state index contributed by atoms with van der Waals surface area (Å²) < 4.78 is 4.87. The molecule has 7 heteroatoms. The molecule has 1 aromatic heterocycles. The molecule has 0 unspecified atom stereocenters. The van der Waals surface area contributed by atoms with Crippen LogP contribution >= 0.6 is 12.4 Å². The molecule has 1 fully saturated rings. The zero-order valence-electron chi connectivity index (χ0n) is 10.7. The van der Waals surface area contributed by atoms with E-state index in [1.807, 2.05) is 0 Å². The van der Waals surface area contributed by atoms with Crippen molar-refractivity contribution in [3.63, 3.8) is 0 Å². The Morgan fingerprint density at radius 1 is 1.50 bits per heavy atom. The van der Waals surface area contributed by atoms with Gasteiger partial charge in [-0.2, -0.15) is 4.98 Å². The van der Waals surface area contributed by atoms with E-state index in [2.05, 4.69) is 10.1 Å². The Kier molecular flexibility index (Phi) is 4.70. The molecule has 1 amide bonds. The summed E-state index contributed by atoms with van der Waals surface area (Å²) in [5.41, 5.74) is 5.42. The lowest BCUT2D eigenvalue weighted by Gasteiger charge is -2.27. The summed E-state index contributed by atoms with van der Waals surface area (Å²) in [6.45, 7) is 2.06. The first-order chi connectivity index (χ1) is 8.01. The Labute approximate surface area is 112 Å². The molecule has 0 aliphatic heterocycles. The quantitative estimate of drug-likeness (QED) is 0.890. The van der Waals surface area contributed by atoms with E-state index < -0.39 is 5.54 Å². The van der Waals surface area contributed by atoms with E-state index in [-0.39, 0.29) is 18.3 Å². The number of rotatable bonds is 3. The van der Waals surface area contributed by atoms with Gasteiger partial charge in [-0.1, -0.05) is 18.0 Å². The van der Waals surface area contributed by atoms with Crippen LogP contribution in [-0.4, -0.2) is 33.5 Å². The fourth-order valence-corrected chi connectivity index (χ4v) is 2.29. The van der Waals surface area contributed by atoms with Crippen molar-refractivity contribution in [3.8, 4) is 0 Å². The molecule has 2 rings (SSSR count). The van der Waals surface area contributed by atoms with Crippen molar-refractivity contribution >= 4 is 18.3 Å². The molecule has 18 heavy (non-hydrogen) atoms. The number of halogens is 1. The summed E-state index contributed by atoms with van der Waals surface area (Å²) in [5, 5.41) is 3.77. The van der Waals surface area contributed by atoms with E-state index in [0.29, 0.717) is 18.3 Å². The zero-order valence-corrected chi connectivity index (χ0v) is 11.5. The van der Waals surface area contributed by atoms with Crippen LogP contribution in [0.4, 0.5) is 0 Å². The van der Waals surface area contributed by atoms with Gasteiger partial charge in [0.2, 0.25) is 11.8 Å². The Hall–Kier alpha value is -1.14. The molecule has 1 aliphatic carbocycles. The molecular formula is C11H19ClN4O2. The number of carbonyl (C=O) groups is 1. The van der Waals surface area contributed by atoms with Gasteiger partial charge in [-0.25, -0.2) is 0 Å². The van der Waals surface area contributed by atoms with E-state index in [4.69, 9.17) is 10.3 Å². The molecule has 0 spiro atoms. The normalized spacial score (nSPS) is 17.3. The first kappa shape index (κ1) is 14.9. The second-order valence-corrected chi connectivity index (χ2v) is 4.75. The molecule has 102 valence electrons. The Bertz CT molecular complexity index is 415.